The molecule has 8 heteroatoms. The molecule has 1 aliphatic rings. The lowest BCUT2D eigenvalue weighted by Gasteiger charge is -2.23. The van der Waals surface area contributed by atoms with Crippen LogP contribution in [0, 0.1) is 6.92 Å². The molecule has 0 aromatic heterocycles. The van der Waals surface area contributed by atoms with Crippen LogP contribution in [0.15, 0.2) is 17.0 Å². The number of carbonyl (C=O) groups excluding carboxylic acids is 1. The van der Waals surface area contributed by atoms with Gasteiger partial charge in [0, 0.05) is 24.7 Å². The van der Waals surface area contributed by atoms with Crippen LogP contribution in [0.25, 0.3) is 0 Å². The monoisotopic (exact) mass is 317 g/mol. The molecule has 0 saturated carbocycles. The highest BCUT2D eigenvalue weighted by Gasteiger charge is 2.26. The van der Waals surface area contributed by atoms with E-state index in [4.69, 9.17) is 17.3 Å². The van der Waals surface area contributed by atoms with Crippen molar-refractivity contribution in [2.75, 3.05) is 12.3 Å². The Balaban J connectivity index is 2.22. The molecule has 0 aliphatic carbocycles. The summed E-state index contributed by atoms with van der Waals surface area (Å²) in [5.41, 5.74) is 6.82. The topological polar surface area (TPSA) is 101 Å². The molecule has 1 amide bonds. The van der Waals surface area contributed by atoms with Crippen molar-refractivity contribution >= 4 is 33.2 Å². The summed E-state index contributed by atoms with van der Waals surface area (Å²) in [5.74, 6) is -0.0712. The number of nitrogens with one attached hydrogen (secondary N) is 2. The molecule has 1 fully saturated rings. The number of piperidine rings is 1. The van der Waals surface area contributed by atoms with Gasteiger partial charge in [0.2, 0.25) is 15.9 Å². The summed E-state index contributed by atoms with van der Waals surface area (Å²) in [5, 5.41) is 2.75. The quantitative estimate of drug-likeness (QED) is 0.717. The van der Waals surface area contributed by atoms with Crippen molar-refractivity contribution in [1.82, 2.24) is 10.0 Å². The molecule has 1 aromatic carbocycles. The number of nitrogen functional groups attached to an aromatic ring is 1. The van der Waals surface area contributed by atoms with E-state index in [2.05, 4.69) is 10.0 Å². The van der Waals surface area contributed by atoms with E-state index in [0.717, 1.165) is 5.56 Å². The van der Waals surface area contributed by atoms with Gasteiger partial charge in [-0.25, -0.2) is 13.1 Å². The highest BCUT2D eigenvalue weighted by atomic mass is 35.5. The lowest BCUT2D eigenvalue weighted by atomic mass is 10.1. The predicted molar refractivity (Wildman–Crippen MR) is 77.0 cm³/mol. The Kier molecular flexibility index (Phi) is 4.22. The zero-order chi connectivity index (χ0) is 14.9. The first-order valence-electron chi connectivity index (χ1n) is 6.14. The fraction of sp³-hybridized carbons (Fsp3) is 0.417. The van der Waals surface area contributed by atoms with Gasteiger partial charge in [-0.1, -0.05) is 11.6 Å². The molecule has 0 bridgehead atoms. The van der Waals surface area contributed by atoms with E-state index in [0.29, 0.717) is 18.5 Å². The number of sulfonamides is 1. The van der Waals surface area contributed by atoms with E-state index in [-0.39, 0.29) is 28.4 Å². The van der Waals surface area contributed by atoms with Crippen molar-refractivity contribution in [3.63, 3.8) is 0 Å². The molecule has 1 heterocycles. The van der Waals surface area contributed by atoms with Gasteiger partial charge in [-0.15, -0.1) is 0 Å². The van der Waals surface area contributed by atoms with E-state index >= 15 is 0 Å². The predicted octanol–water partition coefficient (Wildman–Crippen LogP) is 0.788. The van der Waals surface area contributed by atoms with Crippen LogP contribution >= 0.6 is 11.6 Å². The SMILES string of the molecule is Cc1cc(Cl)c(S(=O)(=O)NC2CCC(=O)NC2)cc1N. The summed E-state index contributed by atoms with van der Waals surface area (Å²) in [6.07, 6.45) is 0.765. The number of anilines is 1. The molecule has 6 nitrogen and oxygen atoms in total. The number of hydrogen-bond donors (Lipinski definition) is 3. The van der Waals surface area contributed by atoms with Gasteiger partial charge >= 0.3 is 0 Å². The normalized spacial score (nSPS) is 19.7. The average Bonchev–Trinajstić information content (AvgIpc) is 2.36. The minimum Gasteiger partial charge on any atom is -0.398 e. The van der Waals surface area contributed by atoms with Crippen LogP contribution < -0.4 is 15.8 Å². The van der Waals surface area contributed by atoms with E-state index < -0.39 is 10.0 Å². The maximum absolute atomic E-state index is 12.3. The molecule has 1 aromatic rings. The van der Waals surface area contributed by atoms with Gasteiger partial charge in [-0.3, -0.25) is 4.79 Å². The number of rotatable bonds is 3. The molecule has 0 radical (unpaired) electrons. The Bertz CT molecular complexity index is 636. The Labute approximate surface area is 122 Å². The van der Waals surface area contributed by atoms with Gasteiger partial charge in [-0.05, 0) is 31.0 Å². The Morgan fingerprint density at radius 1 is 1.45 bits per heavy atom. The van der Waals surface area contributed by atoms with Gasteiger partial charge in [0.25, 0.3) is 0 Å². The van der Waals surface area contributed by atoms with Gasteiger partial charge < -0.3 is 11.1 Å². The molecule has 1 aliphatic heterocycles. The first kappa shape index (κ1) is 15.1. The molecular formula is C12H16ClN3O3S. The van der Waals surface area contributed by atoms with Crippen molar-refractivity contribution in [3.05, 3.63) is 22.7 Å². The molecule has 20 heavy (non-hydrogen) atoms. The second kappa shape index (κ2) is 5.59. The molecule has 1 atom stereocenters. The molecule has 1 saturated heterocycles. The molecule has 2 rings (SSSR count). The number of amides is 1. The first-order chi connectivity index (χ1) is 9.29. The van der Waals surface area contributed by atoms with Crippen molar-refractivity contribution in [1.29, 1.82) is 0 Å². The maximum Gasteiger partial charge on any atom is 0.242 e. The van der Waals surface area contributed by atoms with Crippen molar-refractivity contribution in [2.24, 2.45) is 0 Å². The largest absolute Gasteiger partial charge is 0.398 e. The number of halogens is 1. The second-order valence-electron chi connectivity index (χ2n) is 4.80. The van der Waals surface area contributed by atoms with Crippen LogP contribution in [0.2, 0.25) is 5.02 Å². The van der Waals surface area contributed by atoms with Gasteiger partial charge in [0.1, 0.15) is 4.90 Å². The van der Waals surface area contributed by atoms with Crippen LogP contribution in [-0.2, 0) is 14.8 Å². The lowest BCUT2D eigenvalue weighted by Crippen LogP contribution is -2.47. The molecule has 110 valence electrons. The Morgan fingerprint density at radius 3 is 2.75 bits per heavy atom. The molecule has 4 N–H and O–H groups in total. The Hall–Kier alpha value is -1.31. The zero-order valence-corrected chi connectivity index (χ0v) is 12.5. The standard InChI is InChI=1S/C12H16ClN3O3S/c1-7-4-9(13)11(5-10(7)14)20(18,19)16-8-2-3-12(17)15-6-8/h4-5,8,16H,2-3,6,14H2,1H3,(H,15,17). The minimum atomic E-state index is -3.76. The summed E-state index contributed by atoms with van der Waals surface area (Å²) in [4.78, 5) is 11.0. The van der Waals surface area contributed by atoms with E-state index in [1.54, 1.807) is 6.92 Å². The van der Waals surface area contributed by atoms with Gasteiger partial charge in [0.15, 0.2) is 0 Å². The van der Waals surface area contributed by atoms with Gasteiger partial charge in [-0.2, -0.15) is 0 Å². The third kappa shape index (κ3) is 3.23. The number of aryl methyl sites for hydroxylation is 1. The van der Waals surface area contributed by atoms with Crippen molar-refractivity contribution < 1.29 is 13.2 Å². The van der Waals surface area contributed by atoms with E-state index in [1.165, 1.54) is 12.1 Å². The maximum atomic E-state index is 12.3. The fourth-order valence-electron chi connectivity index (χ4n) is 1.99. The highest BCUT2D eigenvalue weighted by Crippen LogP contribution is 2.27. The van der Waals surface area contributed by atoms with Crippen LogP contribution in [0.1, 0.15) is 18.4 Å². The summed E-state index contributed by atoms with van der Waals surface area (Å²) >= 11 is 5.98. The average molecular weight is 318 g/mol. The second-order valence-corrected chi connectivity index (χ2v) is 6.89. The van der Waals surface area contributed by atoms with Crippen LogP contribution in [0.5, 0.6) is 0 Å². The fourth-order valence-corrected chi connectivity index (χ4v) is 3.88. The molecular weight excluding hydrogens is 302 g/mol. The summed E-state index contributed by atoms with van der Waals surface area (Å²) in [7, 11) is -3.76. The van der Waals surface area contributed by atoms with Crippen LogP contribution in [0.3, 0.4) is 0 Å². The summed E-state index contributed by atoms with van der Waals surface area (Å²) < 4.78 is 27.1. The van der Waals surface area contributed by atoms with Crippen molar-refractivity contribution in [3.8, 4) is 0 Å². The minimum absolute atomic E-state index is 0.0424. The van der Waals surface area contributed by atoms with Crippen molar-refractivity contribution in [2.45, 2.75) is 30.7 Å². The number of carbonyl (C=O) groups is 1. The number of benzene rings is 1. The molecule has 1 unspecified atom stereocenters. The number of hydrogen-bond acceptors (Lipinski definition) is 4. The summed E-state index contributed by atoms with van der Waals surface area (Å²) in [6, 6.07) is 2.53. The van der Waals surface area contributed by atoms with Crippen LogP contribution in [0.4, 0.5) is 5.69 Å². The third-order valence-corrected chi connectivity index (χ3v) is 5.18. The van der Waals surface area contributed by atoms with E-state index in [1.807, 2.05) is 0 Å². The Morgan fingerprint density at radius 2 is 2.15 bits per heavy atom. The van der Waals surface area contributed by atoms with E-state index in [9.17, 15) is 13.2 Å². The smallest absolute Gasteiger partial charge is 0.242 e. The van der Waals surface area contributed by atoms with Crippen LogP contribution in [-0.4, -0.2) is 26.9 Å². The van der Waals surface area contributed by atoms with Gasteiger partial charge in [0.05, 0.1) is 5.02 Å². The first-order valence-corrected chi connectivity index (χ1v) is 8.00. The number of nitrogens with two attached hydrogens (primary N) is 1. The third-order valence-electron chi connectivity index (χ3n) is 3.20. The summed E-state index contributed by atoms with van der Waals surface area (Å²) in [6.45, 7) is 2.03. The lowest BCUT2D eigenvalue weighted by molar-refractivity contribution is -0.122. The highest BCUT2D eigenvalue weighted by molar-refractivity contribution is 7.89. The zero-order valence-electron chi connectivity index (χ0n) is 10.9. The molecule has 0 spiro atoms.